The number of hydrogen-bond acceptors (Lipinski definition) is 3. The number of amides is 2. The summed E-state index contributed by atoms with van der Waals surface area (Å²) in [6.45, 7) is 2.60. The first-order valence-electron chi connectivity index (χ1n) is 6.96. The van der Waals surface area contributed by atoms with Gasteiger partial charge in [0, 0.05) is 6.54 Å². The summed E-state index contributed by atoms with van der Waals surface area (Å²) in [5.74, 6) is -2.63. The molecule has 0 aliphatic rings. The average Bonchev–Trinajstić information content (AvgIpc) is 2.36. The van der Waals surface area contributed by atoms with E-state index in [9.17, 15) is 14.4 Å². The fourth-order valence-electron chi connectivity index (χ4n) is 1.69. The molecule has 0 radical (unpaired) electrons. The Kier molecular flexibility index (Phi) is 10.1. The maximum Gasteiger partial charge on any atom is 0.326 e. The summed E-state index contributed by atoms with van der Waals surface area (Å²) in [4.78, 5) is 32.6. The van der Waals surface area contributed by atoms with E-state index in [1.54, 1.807) is 0 Å². The highest BCUT2D eigenvalue weighted by molar-refractivity contribution is 5.86. The highest BCUT2D eigenvalue weighted by Crippen LogP contribution is 2.04. The van der Waals surface area contributed by atoms with Gasteiger partial charge in [-0.2, -0.15) is 0 Å². The Balaban J connectivity index is 3.75. The first kappa shape index (κ1) is 18.2. The molecule has 1 atom stereocenters. The molecular formula is C13H24N2O5. The zero-order chi connectivity index (χ0) is 15.4. The van der Waals surface area contributed by atoms with Crippen LogP contribution in [0.5, 0.6) is 0 Å². The molecule has 116 valence electrons. The molecule has 0 bridgehead atoms. The summed E-state index contributed by atoms with van der Waals surface area (Å²) in [5, 5.41) is 21.9. The lowest BCUT2D eigenvalue weighted by molar-refractivity contribution is -0.145. The molecule has 20 heavy (non-hydrogen) atoms. The number of unbranched alkanes of at least 4 members (excludes halogenated alkanes) is 5. The van der Waals surface area contributed by atoms with Crippen LogP contribution in [0.4, 0.5) is 4.79 Å². The second kappa shape index (κ2) is 11.1. The number of carbonyl (C=O) groups is 3. The monoisotopic (exact) mass is 288 g/mol. The van der Waals surface area contributed by atoms with Crippen LogP contribution < -0.4 is 10.6 Å². The van der Waals surface area contributed by atoms with Gasteiger partial charge in [-0.1, -0.05) is 39.0 Å². The van der Waals surface area contributed by atoms with Crippen molar-refractivity contribution in [3.05, 3.63) is 0 Å². The molecule has 7 heteroatoms. The van der Waals surface area contributed by atoms with Crippen molar-refractivity contribution >= 4 is 18.0 Å². The molecule has 7 nitrogen and oxygen atoms in total. The zero-order valence-corrected chi connectivity index (χ0v) is 11.9. The number of carbonyl (C=O) groups excluding carboxylic acids is 1. The molecule has 0 saturated heterocycles. The van der Waals surface area contributed by atoms with Crippen molar-refractivity contribution in [2.75, 3.05) is 6.54 Å². The number of aliphatic carboxylic acids is 2. The topological polar surface area (TPSA) is 116 Å². The van der Waals surface area contributed by atoms with Gasteiger partial charge in [0.25, 0.3) is 0 Å². The van der Waals surface area contributed by atoms with Crippen molar-refractivity contribution in [3.8, 4) is 0 Å². The fraction of sp³-hybridized carbons (Fsp3) is 0.769. The van der Waals surface area contributed by atoms with Gasteiger partial charge < -0.3 is 20.8 Å². The van der Waals surface area contributed by atoms with E-state index in [0.717, 1.165) is 19.3 Å². The largest absolute Gasteiger partial charge is 0.481 e. The summed E-state index contributed by atoms with van der Waals surface area (Å²) in [7, 11) is 0. The molecule has 0 heterocycles. The molecule has 0 unspecified atom stereocenters. The molecule has 0 aromatic heterocycles. The van der Waals surface area contributed by atoms with E-state index in [2.05, 4.69) is 17.6 Å². The molecule has 0 aromatic carbocycles. The second-order valence-electron chi connectivity index (χ2n) is 4.66. The SMILES string of the molecule is CCCCCCCCNC(=O)N[C@H](CC(=O)O)C(=O)O. The molecule has 0 fully saturated rings. The van der Waals surface area contributed by atoms with Crippen LogP contribution in [-0.4, -0.2) is 40.8 Å². The summed E-state index contributed by atoms with van der Waals surface area (Å²) >= 11 is 0. The van der Waals surface area contributed by atoms with E-state index in [0.29, 0.717) is 6.54 Å². The smallest absolute Gasteiger partial charge is 0.326 e. The number of nitrogens with one attached hydrogen (secondary N) is 2. The van der Waals surface area contributed by atoms with Crippen molar-refractivity contribution in [3.63, 3.8) is 0 Å². The van der Waals surface area contributed by atoms with Crippen molar-refractivity contribution in [2.45, 2.75) is 57.9 Å². The normalized spacial score (nSPS) is 11.7. The van der Waals surface area contributed by atoms with E-state index in [1.165, 1.54) is 19.3 Å². The van der Waals surface area contributed by atoms with Crippen LogP contribution in [0.2, 0.25) is 0 Å². The molecule has 0 aliphatic heterocycles. The lowest BCUT2D eigenvalue weighted by atomic mass is 10.1. The Labute approximate surface area is 118 Å². The van der Waals surface area contributed by atoms with Gasteiger partial charge in [0.2, 0.25) is 0 Å². The second-order valence-corrected chi connectivity index (χ2v) is 4.66. The third kappa shape index (κ3) is 10.2. The number of rotatable bonds is 11. The Morgan fingerprint density at radius 3 is 2.15 bits per heavy atom. The Morgan fingerprint density at radius 2 is 1.60 bits per heavy atom. The minimum absolute atomic E-state index is 0.456. The average molecular weight is 288 g/mol. The molecular weight excluding hydrogens is 264 g/mol. The number of hydrogen-bond donors (Lipinski definition) is 4. The summed E-state index contributed by atoms with van der Waals surface area (Å²) < 4.78 is 0. The summed E-state index contributed by atoms with van der Waals surface area (Å²) in [6, 6.07) is -2.05. The van der Waals surface area contributed by atoms with E-state index in [1.807, 2.05) is 0 Å². The van der Waals surface area contributed by atoms with E-state index in [-0.39, 0.29) is 0 Å². The van der Waals surface area contributed by atoms with Gasteiger partial charge in [0.05, 0.1) is 6.42 Å². The fourth-order valence-corrected chi connectivity index (χ4v) is 1.69. The molecule has 0 aromatic rings. The lowest BCUT2D eigenvalue weighted by Gasteiger charge is -2.13. The zero-order valence-electron chi connectivity index (χ0n) is 11.9. The van der Waals surface area contributed by atoms with Crippen LogP contribution in [0.25, 0.3) is 0 Å². The molecule has 4 N–H and O–H groups in total. The van der Waals surface area contributed by atoms with Crippen molar-refractivity contribution in [2.24, 2.45) is 0 Å². The van der Waals surface area contributed by atoms with Crippen LogP contribution in [0.1, 0.15) is 51.9 Å². The Bertz CT molecular complexity index is 320. The van der Waals surface area contributed by atoms with Gasteiger partial charge in [0.1, 0.15) is 6.04 Å². The summed E-state index contributed by atoms with van der Waals surface area (Å²) in [6.07, 6.45) is 5.89. The highest BCUT2D eigenvalue weighted by atomic mass is 16.4. The van der Waals surface area contributed by atoms with Gasteiger partial charge in [0.15, 0.2) is 0 Å². The highest BCUT2D eigenvalue weighted by Gasteiger charge is 2.22. The Hall–Kier alpha value is -1.79. The first-order chi connectivity index (χ1) is 9.47. The molecule has 0 aliphatic carbocycles. The van der Waals surface area contributed by atoms with Crippen molar-refractivity contribution in [1.82, 2.24) is 10.6 Å². The minimum Gasteiger partial charge on any atom is -0.481 e. The van der Waals surface area contributed by atoms with Gasteiger partial charge in [-0.25, -0.2) is 9.59 Å². The third-order valence-corrected chi connectivity index (χ3v) is 2.80. The molecule has 0 rings (SSSR count). The van der Waals surface area contributed by atoms with Crippen LogP contribution in [0.3, 0.4) is 0 Å². The van der Waals surface area contributed by atoms with Crippen LogP contribution in [0, 0.1) is 0 Å². The standard InChI is InChI=1S/C13H24N2O5/c1-2-3-4-5-6-7-8-14-13(20)15-10(12(18)19)9-11(16)17/h10H,2-9H2,1H3,(H,16,17)(H,18,19)(H2,14,15,20)/t10-/m1/s1. The van der Waals surface area contributed by atoms with Gasteiger partial charge >= 0.3 is 18.0 Å². The van der Waals surface area contributed by atoms with Crippen molar-refractivity contribution in [1.29, 1.82) is 0 Å². The maximum absolute atomic E-state index is 11.4. The molecule has 2 amide bonds. The summed E-state index contributed by atoms with van der Waals surface area (Å²) in [5.41, 5.74) is 0. The lowest BCUT2D eigenvalue weighted by Crippen LogP contribution is -2.47. The quantitative estimate of drug-likeness (QED) is 0.431. The number of urea groups is 1. The van der Waals surface area contributed by atoms with Crippen molar-refractivity contribution < 1.29 is 24.6 Å². The van der Waals surface area contributed by atoms with Crippen LogP contribution in [-0.2, 0) is 9.59 Å². The number of carboxylic acid groups (broad SMARTS) is 2. The predicted molar refractivity (Wildman–Crippen MR) is 73.6 cm³/mol. The molecule has 0 saturated carbocycles. The molecule has 0 spiro atoms. The van der Waals surface area contributed by atoms with Gasteiger partial charge in [-0.3, -0.25) is 4.79 Å². The van der Waals surface area contributed by atoms with Crippen LogP contribution in [0.15, 0.2) is 0 Å². The van der Waals surface area contributed by atoms with E-state index in [4.69, 9.17) is 10.2 Å². The van der Waals surface area contributed by atoms with Gasteiger partial charge in [-0.05, 0) is 6.42 Å². The number of carboxylic acids is 2. The van der Waals surface area contributed by atoms with E-state index < -0.39 is 30.4 Å². The third-order valence-electron chi connectivity index (χ3n) is 2.80. The van der Waals surface area contributed by atoms with E-state index >= 15 is 0 Å². The Morgan fingerprint density at radius 1 is 1.00 bits per heavy atom. The maximum atomic E-state index is 11.4. The predicted octanol–water partition coefficient (Wildman–Crippen LogP) is 1.57. The minimum atomic E-state index is -1.41. The van der Waals surface area contributed by atoms with Gasteiger partial charge in [-0.15, -0.1) is 0 Å². The van der Waals surface area contributed by atoms with Crippen LogP contribution >= 0.6 is 0 Å². The first-order valence-corrected chi connectivity index (χ1v) is 6.96.